The molecule has 1 N–H and O–H groups in total. The van der Waals surface area contributed by atoms with Gasteiger partial charge in [-0.2, -0.15) is 0 Å². The Morgan fingerprint density at radius 3 is 2.50 bits per heavy atom. The molecular formula is C24H25NO7. The third-order valence-electron chi connectivity index (χ3n) is 5.40. The molecule has 1 unspecified atom stereocenters. The van der Waals surface area contributed by atoms with Crippen LogP contribution in [0.25, 0.3) is 5.76 Å². The third kappa shape index (κ3) is 4.01. The van der Waals surface area contributed by atoms with Crippen molar-refractivity contribution < 1.29 is 33.6 Å². The quantitative estimate of drug-likeness (QED) is 0.403. The van der Waals surface area contributed by atoms with Gasteiger partial charge in [0.1, 0.15) is 24.7 Å². The van der Waals surface area contributed by atoms with Crippen molar-refractivity contribution in [2.45, 2.75) is 13.0 Å². The number of ketones is 1. The maximum atomic E-state index is 13.0. The van der Waals surface area contributed by atoms with E-state index in [1.165, 1.54) is 12.0 Å². The summed E-state index contributed by atoms with van der Waals surface area (Å²) < 4.78 is 21.8. The van der Waals surface area contributed by atoms with Gasteiger partial charge in [-0.1, -0.05) is 12.1 Å². The van der Waals surface area contributed by atoms with Gasteiger partial charge in [0.25, 0.3) is 11.7 Å². The second kappa shape index (κ2) is 9.32. The van der Waals surface area contributed by atoms with Crippen LogP contribution in [0.3, 0.4) is 0 Å². The minimum atomic E-state index is -0.756. The summed E-state index contributed by atoms with van der Waals surface area (Å²) >= 11 is 0. The van der Waals surface area contributed by atoms with Crippen molar-refractivity contribution >= 4 is 17.4 Å². The zero-order chi connectivity index (χ0) is 22.7. The van der Waals surface area contributed by atoms with Gasteiger partial charge >= 0.3 is 0 Å². The van der Waals surface area contributed by atoms with E-state index in [2.05, 4.69) is 0 Å². The minimum absolute atomic E-state index is 0.0203. The lowest BCUT2D eigenvalue weighted by Gasteiger charge is -2.25. The normalized spacial score (nSPS) is 19.3. The van der Waals surface area contributed by atoms with Crippen molar-refractivity contribution in [2.24, 2.45) is 0 Å². The number of hydrogen-bond acceptors (Lipinski definition) is 7. The van der Waals surface area contributed by atoms with E-state index in [1.807, 2.05) is 6.92 Å². The second-order valence-corrected chi connectivity index (χ2v) is 7.35. The summed E-state index contributed by atoms with van der Waals surface area (Å²) in [5.41, 5.74) is 1.07. The maximum Gasteiger partial charge on any atom is 0.295 e. The first-order valence-electron chi connectivity index (χ1n) is 10.4. The van der Waals surface area contributed by atoms with Crippen molar-refractivity contribution in [1.29, 1.82) is 0 Å². The Morgan fingerprint density at radius 1 is 1.09 bits per heavy atom. The number of methoxy groups -OCH3 is 1. The fourth-order valence-electron chi connectivity index (χ4n) is 3.91. The van der Waals surface area contributed by atoms with Crippen LogP contribution >= 0.6 is 0 Å². The zero-order valence-electron chi connectivity index (χ0n) is 18.0. The number of Topliss-reactive ketones (excluding diaryl/α,β-unsaturated/α-hetero) is 1. The smallest absolute Gasteiger partial charge is 0.295 e. The average molecular weight is 439 g/mol. The van der Waals surface area contributed by atoms with Crippen LogP contribution in [0.4, 0.5) is 0 Å². The van der Waals surface area contributed by atoms with E-state index in [0.717, 1.165) is 0 Å². The number of ether oxygens (including phenoxy) is 4. The molecule has 8 heteroatoms. The second-order valence-electron chi connectivity index (χ2n) is 7.35. The molecule has 2 aliphatic heterocycles. The number of carbonyl (C=O) groups is 2. The number of aliphatic hydroxyl groups excluding tert-OH is 1. The monoisotopic (exact) mass is 439 g/mol. The predicted octanol–water partition coefficient (Wildman–Crippen LogP) is 2.92. The van der Waals surface area contributed by atoms with Gasteiger partial charge < -0.3 is 29.0 Å². The van der Waals surface area contributed by atoms with Gasteiger partial charge in [-0.25, -0.2) is 0 Å². The van der Waals surface area contributed by atoms with Crippen LogP contribution in [0.1, 0.15) is 24.1 Å². The first-order chi connectivity index (χ1) is 15.5. The third-order valence-corrected chi connectivity index (χ3v) is 5.40. The van der Waals surface area contributed by atoms with Crippen molar-refractivity contribution in [1.82, 2.24) is 4.90 Å². The number of rotatable bonds is 7. The molecule has 8 nitrogen and oxygen atoms in total. The molecular weight excluding hydrogens is 414 g/mol. The Labute approximate surface area is 185 Å². The average Bonchev–Trinajstić information content (AvgIpc) is 3.07. The molecule has 1 atom stereocenters. The van der Waals surface area contributed by atoms with E-state index < -0.39 is 17.7 Å². The van der Waals surface area contributed by atoms with E-state index in [4.69, 9.17) is 18.9 Å². The van der Waals surface area contributed by atoms with Crippen LogP contribution in [-0.2, 0) is 14.3 Å². The summed E-state index contributed by atoms with van der Waals surface area (Å²) in [5, 5.41) is 11.2. The zero-order valence-corrected chi connectivity index (χ0v) is 18.0. The summed E-state index contributed by atoms with van der Waals surface area (Å²) in [6.45, 7) is 3.71. The number of nitrogens with zero attached hydrogens (tertiary/aromatic N) is 1. The fourth-order valence-corrected chi connectivity index (χ4v) is 3.91. The maximum absolute atomic E-state index is 13.0. The Hall–Kier alpha value is -3.52. The SMILES string of the molecule is CCOc1ccc(C2/C(=C(/O)c3ccc4c(c3)OCCO4)C(=O)C(=O)N2CCOC)cc1. The summed E-state index contributed by atoms with van der Waals surface area (Å²) in [4.78, 5) is 27.3. The largest absolute Gasteiger partial charge is 0.507 e. The molecule has 0 spiro atoms. The highest BCUT2D eigenvalue weighted by atomic mass is 16.6. The number of aliphatic hydroxyl groups is 1. The van der Waals surface area contributed by atoms with Crippen LogP contribution in [0, 0.1) is 0 Å². The van der Waals surface area contributed by atoms with Crippen LogP contribution in [0.15, 0.2) is 48.0 Å². The molecule has 1 saturated heterocycles. The molecule has 1 fully saturated rings. The van der Waals surface area contributed by atoms with Crippen molar-refractivity contribution in [3.63, 3.8) is 0 Å². The van der Waals surface area contributed by atoms with Gasteiger partial charge in [-0.3, -0.25) is 9.59 Å². The van der Waals surface area contributed by atoms with E-state index in [0.29, 0.717) is 48.2 Å². The van der Waals surface area contributed by atoms with Gasteiger partial charge in [0, 0.05) is 19.2 Å². The van der Waals surface area contributed by atoms with Crippen molar-refractivity contribution in [3.05, 3.63) is 59.2 Å². The van der Waals surface area contributed by atoms with Crippen LogP contribution in [0.2, 0.25) is 0 Å². The Kier molecular flexibility index (Phi) is 6.32. The summed E-state index contributed by atoms with van der Waals surface area (Å²) in [6, 6.07) is 11.3. The number of benzene rings is 2. The molecule has 1 amide bonds. The van der Waals surface area contributed by atoms with Crippen LogP contribution < -0.4 is 14.2 Å². The van der Waals surface area contributed by atoms with E-state index in [1.54, 1.807) is 42.5 Å². The molecule has 2 aromatic rings. The molecule has 4 rings (SSSR count). The molecule has 32 heavy (non-hydrogen) atoms. The van der Waals surface area contributed by atoms with E-state index in [9.17, 15) is 14.7 Å². The van der Waals surface area contributed by atoms with Crippen molar-refractivity contribution in [3.8, 4) is 17.2 Å². The number of fused-ring (bicyclic) bond motifs is 1. The molecule has 2 aliphatic rings. The lowest BCUT2D eigenvalue weighted by atomic mass is 9.95. The van der Waals surface area contributed by atoms with Gasteiger partial charge in [-0.05, 0) is 42.8 Å². The molecule has 0 bridgehead atoms. The highest BCUT2D eigenvalue weighted by molar-refractivity contribution is 6.46. The molecule has 0 aromatic heterocycles. The van der Waals surface area contributed by atoms with E-state index in [-0.39, 0.29) is 24.5 Å². The highest BCUT2D eigenvalue weighted by Gasteiger charge is 2.46. The molecule has 0 aliphatic carbocycles. The number of likely N-dealkylation sites (tertiary alicyclic amines) is 1. The number of hydrogen-bond donors (Lipinski definition) is 1. The standard InChI is InChI=1S/C24H25NO7/c1-3-30-17-7-4-15(5-8-17)21-20(23(27)24(28)25(21)10-11-29-2)22(26)16-6-9-18-19(14-16)32-13-12-31-18/h4-9,14,21,26H,3,10-13H2,1-2H3/b22-20-. The number of carbonyl (C=O) groups excluding carboxylic acids is 2. The highest BCUT2D eigenvalue weighted by Crippen LogP contribution is 2.41. The fraction of sp³-hybridized carbons (Fsp3) is 0.333. The molecule has 2 heterocycles. The predicted molar refractivity (Wildman–Crippen MR) is 116 cm³/mol. The number of amides is 1. The van der Waals surface area contributed by atoms with Gasteiger partial charge in [-0.15, -0.1) is 0 Å². The lowest BCUT2D eigenvalue weighted by molar-refractivity contribution is -0.140. The Morgan fingerprint density at radius 2 is 1.81 bits per heavy atom. The lowest BCUT2D eigenvalue weighted by Crippen LogP contribution is -2.32. The first-order valence-corrected chi connectivity index (χ1v) is 10.4. The Balaban J connectivity index is 1.79. The van der Waals surface area contributed by atoms with Gasteiger partial charge in [0.2, 0.25) is 0 Å². The van der Waals surface area contributed by atoms with Gasteiger partial charge in [0.05, 0.1) is 24.8 Å². The van der Waals surface area contributed by atoms with Crippen molar-refractivity contribution in [2.75, 3.05) is 40.1 Å². The minimum Gasteiger partial charge on any atom is -0.507 e. The topological polar surface area (TPSA) is 94.5 Å². The summed E-state index contributed by atoms with van der Waals surface area (Å²) in [7, 11) is 1.53. The first kappa shape index (κ1) is 21.7. The van der Waals surface area contributed by atoms with E-state index >= 15 is 0 Å². The molecule has 0 saturated carbocycles. The molecule has 2 aromatic carbocycles. The molecule has 0 radical (unpaired) electrons. The summed E-state index contributed by atoms with van der Waals surface area (Å²) in [5.74, 6) is 0.0337. The summed E-state index contributed by atoms with van der Waals surface area (Å²) in [6.07, 6.45) is 0. The van der Waals surface area contributed by atoms with Gasteiger partial charge in [0.15, 0.2) is 11.5 Å². The molecule has 168 valence electrons. The Bertz CT molecular complexity index is 1040. The van der Waals surface area contributed by atoms with Crippen LogP contribution in [-0.4, -0.2) is 61.8 Å². The van der Waals surface area contributed by atoms with Crippen LogP contribution in [0.5, 0.6) is 17.2 Å².